The van der Waals surface area contributed by atoms with E-state index in [2.05, 4.69) is 4.98 Å². The number of anilines is 2. The van der Waals surface area contributed by atoms with Crippen LogP contribution in [-0.2, 0) is 14.8 Å². The summed E-state index contributed by atoms with van der Waals surface area (Å²) >= 11 is 1.33. The number of nitrogens with zero attached hydrogens (tertiary/aromatic N) is 3. The second kappa shape index (κ2) is 8.25. The third kappa shape index (κ3) is 3.88. The molecule has 1 aromatic heterocycles. The maximum Gasteiger partial charge on any atom is 0.251 e. The van der Waals surface area contributed by atoms with E-state index in [0.717, 1.165) is 17.8 Å². The van der Waals surface area contributed by atoms with Crippen LogP contribution in [0.15, 0.2) is 64.9 Å². The van der Waals surface area contributed by atoms with Crippen molar-refractivity contribution in [1.82, 2.24) is 9.29 Å². The molecule has 3 aromatic rings. The molecule has 0 N–H and O–H groups in total. The van der Waals surface area contributed by atoms with Gasteiger partial charge in [0.25, 0.3) is 5.91 Å². The van der Waals surface area contributed by atoms with Gasteiger partial charge in [0.05, 0.1) is 16.3 Å². The van der Waals surface area contributed by atoms with Crippen LogP contribution in [0.5, 0.6) is 0 Å². The highest BCUT2D eigenvalue weighted by Gasteiger charge is 2.42. The Kier molecular flexibility index (Phi) is 5.68. The van der Waals surface area contributed by atoms with Gasteiger partial charge in [0, 0.05) is 11.9 Å². The molecule has 2 heterocycles. The van der Waals surface area contributed by atoms with Crippen LogP contribution >= 0.6 is 11.3 Å². The maximum absolute atomic E-state index is 13.6. The Labute approximate surface area is 178 Å². The minimum atomic E-state index is -3.94. The quantitative estimate of drug-likeness (QED) is 0.593. The molecule has 0 aliphatic carbocycles. The Hall–Kier alpha value is -2.62. The van der Waals surface area contributed by atoms with Crippen LogP contribution in [-0.4, -0.2) is 36.2 Å². The van der Waals surface area contributed by atoms with Gasteiger partial charge in [0.15, 0.2) is 5.13 Å². The van der Waals surface area contributed by atoms with Crippen molar-refractivity contribution in [3.8, 4) is 0 Å². The van der Waals surface area contributed by atoms with Crippen molar-refractivity contribution in [1.29, 1.82) is 0 Å². The van der Waals surface area contributed by atoms with Crippen LogP contribution in [0.25, 0.3) is 0 Å². The number of hydrogen-bond acceptors (Lipinski definition) is 5. The molecule has 0 unspecified atom stereocenters. The number of carbonyl (C=O) groups excluding carboxylic acids is 1. The van der Waals surface area contributed by atoms with E-state index in [9.17, 15) is 17.6 Å². The van der Waals surface area contributed by atoms with E-state index in [0.29, 0.717) is 23.7 Å². The minimum absolute atomic E-state index is 0.0278. The Morgan fingerprint density at radius 2 is 1.87 bits per heavy atom. The molecule has 0 saturated carbocycles. The van der Waals surface area contributed by atoms with Gasteiger partial charge in [-0.15, -0.1) is 11.3 Å². The summed E-state index contributed by atoms with van der Waals surface area (Å²) < 4.78 is 40.8. The number of aryl methyl sites for hydroxylation is 1. The molecule has 4 rings (SSSR count). The molecule has 1 atom stereocenters. The summed E-state index contributed by atoms with van der Waals surface area (Å²) in [5, 5.41) is 2.34. The summed E-state index contributed by atoms with van der Waals surface area (Å²) in [6, 6.07) is 12.9. The van der Waals surface area contributed by atoms with Crippen molar-refractivity contribution < 1.29 is 17.6 Å². The number of amides is 1. The molecule has 1 aliphatic rings. The number of benzene rings is 2. The van der Waals surface area contributed by atoms with E-state index < -0.39 is 21.9 Å². The van der Waals surface area contributed by atoms with E-state index in [1.807, 2.05) is 30.5 Å². The zero-order valence-electron chi connectivity index (χ0n) is 16.2. The number of thiazole rings is 1. The molecule has 1 saturated heterocycles. The Morgan fingerprint density at radius 1 is 1.17 bits per heavy atom. The topological polar surface area (TPSA) is 70.6 Å². The largest absolute Gasteiger partial charge is 0.272 e. The lowest BCUT2D eigenvalue weighted by molar-refractivity contribution is -0.120. The smallest absolute Gasteiger partial charge is 0.251 e. The third-order valence-corrected chi connectivity index (χ3v) is 7.81. The van der Waals surface area contributed by atoms with Gasteiger partial charge >= 0.3 is 0 Å². The van der Waals surface area contributed by atoms with Crippen LogP contribution in [0.4, 0.5) is 15.2 Å². The van der Waals surface area contributed by atoms with Crippen molar-refractivity contribution >= 4 is 38.1 Å². The first-order chi connectivity index (χ1) is 14.4. The molecule has 156 valence electrons. The van der Waals surface area contributed by atoms with Gasteiger partial charge in [-0.25, -0.2) is 17.8 Å². The van der Waals surface area contributed by atoms with Gasteiger partial charge in [-0.3, -0.25) is 9.69 Å². The summed E-state index contributed by atoms with van der Waals surface area (Å²) in [4.78, 5) is 19.5. The Bertz CT molecular complexity index is 1150. The highest BCUT2D eigenvalue weighted by atomic mass is 32.2. The number of carbonyl (C=O) groups is 1. The number of sulfonamides is 1. The maximum atomic E-state index is 13.6. The fraction of sp³-hybridized carbons (Fsp3) is 0.238. The SMILES string of the molecule is Cc1csc(N(C(=O)[C@@H]2CCCN2S(=O)(=O)c2ccc(F)cc2)c2ccccc2)n1. The fourth-order valence-corrected chi connectivity index (χ4v) is 6.00. The van der Waals surface area contributed by atoms with E-state index in [1.165, 1.54) is 32.7 Å². The second-order valence-corrected chi connectivity index (χ2v) is 9.74. The standard InChI is InChI=1S/C21H20FN3O3S2/c1-15-14-29-21(23-15)25(17-6-3-2-4-7-17)20(26)19-8-5-13-24(19)30(27,28)18-11-9-16(22)10-12-18/h2-4,6-7,9-12,14,19H,5,8,13H2,1H3/t19-/m0/s1. The molecule has 1 fully saturated rings. The number of aromatic nitrogens is 1. The van der Waals surface area contributed by atoms with Crippen molar-refractivity contribution in [3.05, 3.63) is 71.5 Å². The highest BCUT2D eigenvalue weighted by Crippen LogP contribution is 2.34. The molecule has 2 aromatic carbocycles. The van der Waals surface area contributed by atoms with Crippen LogP contribution in [0.1, 0.15) is 18.5 Å². The summed E-state index contributed by atoms with van der Waals surface area (Å²) in [5.41, 5.74) is 1.41. The average Bonchev–Trinajstić information content (AvgIpc) is 3.39. The van der Waals surface area contributed by atoms with Gasteiger partial charge < -0.3 is 0 Å². The lowest BCUT2D eigenvalue weighted by Crippen LogP contribution is -2.46. The van der Waals surface area contributed by atoms with E-state index in [1.54, 1.807) is 12.1 Å². The minimum Gasteiger partial charge on any atom is -0.272 e. The van der Waals surface area contributed by atoms with E-state index in [4.69, 9.17) is 0 Å². The first kappa shape index (κ1) is 20.6. The number of hydrogen-bond donors (Lipinski definition) is 0. The van der Waals surface area contributed by atoms with Gasteiger partial charge in [0.1, 0.15) is 11.9 Å². The van der Waals surface area contributed by atoms with Gasteiger partial charge in [0.2, 0.25) is 10.0 Å². The van der Waals surface area contributed by atoms with Crippen molar-refractivity contribution in [2.24, 2.45) is 0 Å². The van der Waals surface area contributed by atoms with Gasteiger partial charge in [-0.2, -0.15) is 4.31 Å². The highest BCUT2D eigenvalue weighted by molar-refractivity contribution is 7.89. The monoisotopic (exact) mass is 445 g/mol. The normalized spacial score (nSPS) is 17.2. The lowest BCUT2D eigenvalue weighted by atomic mass is 10.2. The summed E-state index contributed by atoms with van der Waals surface area (Å²) in [7, 11) is -3.94. The van der Waals surface area contributed by atoms with Crippen LogP contribution < -0.4 is 4.90 Å². The number of para-hydroxylation sites is 1. The number of rotatable bonds is 5. The average molecular weight is 446 g/mol. The molecule has 6 nitrogen and oxygen atoms in total. The Balaban J connectivity index is 1.71. The summed E-state index contributed by atoms with van der Waals surface area (Å²) in [6.45, 7) is 2.07. The molecule has 0 radical (unpaired) electrons. The first-order valence-corrected chi connectivity index (χ1v) is 11.8. The third-order valence-electron chi connectivity index (χ3n) is 4.94. The van der Waals surface area contributed by atoms with Crippen LogP contribution in [0.2, 0.25) is 0 Å². The van der Waals surface area contributed by atoms with Crippen molar-refractivity contribution in [2.45, 2.75) is 30.7 Å². The lowest BCUT2D eigenvalue weighted by Gasteiger charge is -2.28. The first-order valence-electron chi connectivity index (χ1n) is 9.46. The van der Waals surface area contributed by atoms with Gasteiger partial charge in [-0.05, 0) is 56.2 Å². The molecular formula is C21H20FN3O3S2. The van der Waals surface area contributed by atoms with Gasteiger partial charge in [-0.1, -0.05) is 18.2 Å². The molecule has 0 bridgehead atoms. The van der Waals surface area contributed by atoms with Crippen molar-refractivity contribution in [3.63, 3.8) is 0 Å². The molecule has 9 heteroatoms. The molecule has 1 amide bonds. The molecule has 30 heavy (non-hydrogen) atoms. The zero-order valence-corrected chi connectivity index (χ0v) is 17.9. The Morgan fingerprint density at radius 3 is 2.50 bits per heavy atom. The molecule has 1 aliphatic heterocycles. The van der Waals surface area contributed by atoms with E-state index in [-0.39, 0.29) is 17.3 Å². The predicted octanol–water partition coefficient (Wildman–Crippen LogP) is 4.11. The van der Waals surface area contributed by atoms with Crippen LogP contribution in [0.3, 0.4) is 0 Å². The second-order valence-electron chi connectivity index (χ2n) is 7.01. The molecular weight excluding hydrogens is 425 g/mol. The number of halogens is 1. The zero-order chi connectivity index (χ0) is 21.3. The summed E-state index contributed by atoms with van der Waals surface area (Å²) in [5.74, 6) is -0.865. The molecule has 0 spiro atoms. The summed E-state index contributed by atoms with van der Waals surface area (Å²) in [6.07, 6.45) is 0.976. The predicted molar refractivity (Wildman–Crippen MR) is 114 cm³/mol. The van der Waals surface area contributed by atoms with E-state index >= 15 is 0 Å². The van der Waals surface area contributed by atoms with Crippen molar-refractivity contribution in [2.75, 3.05) is 11.4 Å². The fourth-order valence-electron chi connectivity index (χ4n) is 3.52. The van der Waals surface area contributed by atoms with Crippen LogP contribution in [0, 0.1) is 12.7 Å².